The maximum Gasteiger partial charge on any atom is 0.321 e. The van der Waals surface area contributed by atoms with Crippen LogP contribution in [0.5, 0.6) is 0 Å². The number of piperidine rings is 1. The van der Waals surface area contributed by atoms with Gasteiger partial charge in [-0.1, -0.05) is 6.07 Å². The van der Waals surface area contributed by atoms with Gasteiger partial charge in [-0.05, 0) is 38.0 Å². The Kier molecular flexibility index (Phi) is 4.49. The van der Waals surface area contributed by atoms with Gasteiger partial charge in [0.25, 0.3) is 5.56 Å². The zero-order chi connectivity index (χ0) is 18.2. The van der Waals surface area contributed by atoms with Crippen molar-refractivity contribution in [1.29, 1.82) is 0 Å². The lowest BCUT2D eigenvalue weighted by molar-refractivity contribution is -0.0597. The van der Waals surface area contributed by atoms with E-state index in [1.807, 2.05) is 0 Å². The van der Waals surface area contributed by atoms with Gasteiger partial charge in [0.05, 0.1) is 5.69 Å². The Labute approximate surface area is 144 Å². The number of nitrogens with zero attached hydrogens (tertiary/aromatic N) is 2. The second-order valence-corrected chi connectivity index (χ2v) is 6.67. The third-order valence-corrected chi connectivity index (χ3v) is 4.79. The average Bonchev–Trinajstić information content (AvgIpc) is 2.58. The zero-order valence-electron chi connectivity index (χ0n) is 14.3. The topological polar surface area (TPSA) is 54.3 Å². The van der Waals surface area contributed by atoms with E-state index in [0.29, 0.717) is 35.8 Å². The van der Waals surface area contributed by atoms with E-state index in [4.69, 9.17) is 0 Å². The fourth-order valence-electron chi connectivity index (χ4n) is 3.25. The minimum absolute atomic E-state index is 0.0296. The number of rotatable bonds is 2. The van der Waals surface area contributed by atoms with Crippen molar-refractivity contribution in [1.82, 2.24) is 9.47 Å². The Hall–Kier alpha value is -2.44. The number of fused-ring (bicyclic) bond motifs is 1. The highest BCUT2D eigenvalue weighted by Gasteiger charge is 2.38. The first kappa shape index (κ1) is 17.4. The van der Waals surface area contributed by atoms with E-state index >= 15 is 0 Å². The molecule has 1 aromatic heterocycles. The Bertz CT molecular complexity index is 858. The van der Waals surface area contributed by atoms with Crippen LogP contribution in [0.15, 0.2) is 35.3 Å². The molecule has 1 aromatic carbocycles. The molecule has 0 saturated carbocycles. The predicted molar refractivity (Wildman–Crippen MR) is 93.1 cm³/mol. The lowest BCUT2D eigenvalue weighted by Gasteiger charge is -2.35. The summed E-state index contributed by atoms with van der Waals surface area (Å²) < 4.78 is 28.6. The number of alkyl halides is 2. The van der Waals surface area contributed by atoms with Crippen LogP contribution < -0.4 is 10.9 Å². The summed E-state index contributed by atoms with van der Waals surface area (Å²) in [4.78, 5) is 26.1. The minimum atomic E-state index is -2.80. The summed E-state index contributed by atoms with van der Waals surface area (Å²) in [5, 5.41) is 3.90. The van der Waals surface area contributed by atoms with Crippen LogP contribution in [0.3, 0.4) is 0 Å². The molecular formula is C18H21F2N3O2. The van der Waals surface area contributed by atoms with Crippen molar-refractivity contribution >= 4 is 22.5 Å². The number of amides is 2. The predicted octanol–water partition coefficient (Wildman–Crippen LogP) is 3.44. The molecule has 1 N–H and O–H groups in total. The van der Waals surface area contributed by atoms with Crippen LogP contribution in [-0.2, 0) is 7.05 Å². The van der Waals surface area contributed by atoms with Crippen LogP contribution in [0.1, 0.15) is 19.8 Å². The second kappa shape index (κ2) is 6.46. The van der Waals surface area contributed by atoms with E-state index in [2.05, 4.69) is 5.32 Å². The standard InChI is InChI=1S/C18H21F2N3O2/c1-18(19,20)12-5-4-9-23(11-12)17(25)21-15-7-3-6-14-13(15)8-10-22(2)16(14)24/h3,6-8,10,12H,4-5,9,11H2,1-2H3,(H,21,25). The number of likely N-dealkylation sites (tertiary alicyclic amines) is 1. The maximum atomic E-state index is 13.6. The summed E-state index contributed by atoms with van der Waals surface area (Å²) in [6.45, 7) is 1.38. The Morgan fingerprint density at radius 1 is 1.28 bits per heavy atom. The van der Waals surface area contributed by atoms with Gasteiger partial charge >= 0.3 is 6.03 Å². The first-order valence-electron chi connectivity index (χ1n) is 8.29. The lowest BCUT2D eigenvalue weighted by atomic mass is 9.93. The average molecular weight is 349 g/mol. The van der Waals surface area contributed by atoms with Crippen molar-refractivity contribution in [2.75, 3.05) is 18.4 Å². The number of carbonyl (C=O) groups excluding carboxylic acids is 1. The fraction of sp³-hybridized carbons (Fsp3) is 0.444. The molecule has 0 radical (unpaired) electrons. The summed E-state index contributed by atoms with van der Waals surface area (Å²) in [5.74, 6) is -3.63. The number of hydrogen-bond donors (Lipinski definition) is 1. The van der Waals surface area contributed by atoms with Gasteiger partial charge in [-0.3, -0.25) is 4.79 Å². The Balaban J connectivity index is 1.83. The van der Waals surface area contributed by atoms with Crippen LogP contribution in [0.4, 0.5) is 19.3 Å². The van der Waals surface area contributed by atoms with Gasteiger partial charge in [0.2, 0.25) is 5.92 Å². The molecule has 1 aliphatic rings. The second-order valence-electron chi connectivity index (χ2n) is 6.67. The van der Waals surface area contributed by atoms with Gasteiger partial charge in [0.15, 0.2) is 0 Å². The molecule has 25 heavy (non-hydrogen) atoms. The van der Waals surface area contributed by atoms with Crippen LogP contribution in [0.25, 0.3) is 10.8 Å². The smallest absolute Gasteiger partial charge is 0.321 e. The van der Waals surface area contributed by atoms with E-state index in [0.717, 1.165) is 6.92 Å². The normalized spacial score (nSPS) is 18.4. The van der Waals surface area contributed by atoms with Gasteiger partial charge in [0, 0.05) is 43.0 Å². The van der Waals surface area contributed by atoms with Crippen molar-refractivity contribution in [2.24, 2.45) is 13.0 Å². The summed E-state index contributed by atoms with van der Waals surface area (Å²) in [5.41, 5.74) is 0.350. The molecule has 3 rings (SSSR count). The molecule has 0 aliphatic carbocycles. The van der Waals surface area contributed by atoms with Crippen molar-refractivity contribution in [2.45, 2.75) is 25.7 Å². The molecule has 2 heterocycles. The van der Waals surface area contributed by atoms with E-state index in [9.17, 15) is 18.4 Å². The van der Waals surface area contributed by atoms with Crippen molar-refractivity contribution in [3.05, 3.63) is 40.8 Å². The van der Waals surface area contributed by atoms with E-state index in [1.165, 1.54) is 9.47 Å². The van der Waals surface area contributed by atoms with Crippen LogP contribution in [0.2, 0.25) is 0 Å². The van der Waals surface area contributed by atoms with Crippen molar-refractivity contribution in [3.8, 4) is 0 Å². The largest absolute Gasteiger partial charge is 0.324 e. The first-order valence-corrected chi connectivity index (χ1v) is 8.29. The third kappa shape index (κ3) is 3.50. The molecule has 0 spiro atoms. The third-order valence-electron chi connectivity index (χ3n) is 4.79. The number of benzene rings is 1. The molecule has 134 valence electrons. The number of anilines is 1. The Morgan fingerprint density at radius 3 is 2.76 bits per heavy atom. The molecule has 5 nitrogen and oxygen atoms in total. The molecule has 1 fully saturated rings. The molecule has 7 heteroatoms. The monoisotopic (exact) mass is 349 g/mol. The highest BCUT2D eigenvalue weighted by atomic mass is 19.3. The van der Waals surface area contributed by atoms with E-state index < -0.39 is 17.9 Å². The number of aryl methyl sites for hydroxylation is 1. The molecule has 1 unspecified atom stereocenters. The van der Waals surface area contributed by atoms with Gasteiger partial charge in [-0.2, -0.15) is 0 Å². The van der Waals surface area contributed by atoms with Gasteiger partial charge in [-0.25, -0.2) is 13.6 Å². The number of halogens is 2. The molecule has 1 atom stereocenters. The first-order chi connectivity index (χ1) is 11.8. The summed E-state index contributed by atoms with van der Waals surface area (Å²) >= 11 is 0. The highest BCUT2D eigenvalue weighted by molar-refractivity contribution is 6.01. The minimum Gasteiger partial charge on any atom is -0.324 e. The summed E-state index contributed by atoms with van der Waals surface area (Å²) in [6, 6.07) is 6.43. The molecule has 2 aromatic rings. The van der Waals surface area contributed by atoms with Gasteiger partial charge < -0.3 is 14.8 Å². The number of aromatic nitrogens is 1. The number of nitrogens with one attached hydrogen (secondary N) is 1. The molecule has 0 bridgehead atoms. The quantitative estimate of drug-likeness (QED) is 0.903. The molecule has 1 saturated heterocycles. The highest BCUT2D eigenvalue weighted by Crippen LogP contribution is 2.32. The van der Waals surface area contributed by atoms with Crippen molar-refractivity contribution < 1.29 is 13.6 Å². The van der Waals surface area contributed by atoms with Crippen LogP contribution in [0, 0.1) is 5.92 Å². The lowest BCUT2D eigenvalue weighted by Crippen LogP contribution is -2.46. The Morgan fingerprint density at radius 2 is 2.04 bits per heavy atom. The summed E-state index contributed by atoms with van der Waals surface area (Å²) in [7, 11) is 1.66. The van der Waals surface area contributed by atoms with Crippen LogP contribution >= 0.6 is 0 Å². The molecule has 2 amide bonds. The summed E-state index contributed by atoms with van der Waals surface area (Å²) in [6.07, 6.45) is 2.60. The zero-order valence-corrected chi connectivity index (χ0v) is 14.3. The molecular weight excluding hydrogens is 328 g/mol. The SMILES string of the molecule is Cn1ccc2c(NC(=O)N3CCCC(C(C)(F)F)C3)cccc2c1=O. The van der Waals surface area contributed by atoms with Gasteiger partial charge in [-0.15, -0.1) is 0 Å². The number of urea groups is 1. The number of carbonyl (C=O) groups is 1. The molecule has 1 aliphatic heterocycles. The fourth-order valence-corrected chi connectivity index (χ4v) is 3.25. The number of pyridine rings is 1. The number of hydrogen-bond acceptors (Lipinski definition) is 2. The van der Waals surface area contributed by atoms with Crippen LogP contribution in [-0.4, -0.2) is 34.5 Å². The van der Waals surface area contributed by atoms with E-state index in [1.54, 1.807) is 37.5 Å². The van der Waals surface area contributed by atoms with Crippen molar-refractivity contribution in [3.63, 3.8) is 0 Å². The van der Waals surface area contributed by atoms with E-state index in [-0.39, 0.29) is 12.1 Å². The maximum absolute atomic E-state index is 13.6. The van der Waals surface area contributed by atoms with Gasteiger partial charge in [0.1, 0.15) is 0 Å².